The molecule has 0 bridgehead atoms. The van der Waals surface area contributed by atoms with E-state index in [0.29, 0.717) is 22.8 Å². The first-order valence-corrected chi connectivity index (χ1v) is 7.18. The van der Waals surface area contributed by atoms with Crippen molar-refractivity contribution >= 4 is 17.4 Å². The van der Waals surface area contributed by atoms with Gasteiger partial charge >= 0.3 is 0 Å². The van der Waals surface area contributed by atoms with E-state index >= 15 is 0 Å². The Morgan fingerprint density at radius 1 is 1.18 bits per heavy atom. The third kappa shape index (κ3) is 3.75. The Hall–Kier alpha value is -2.56. The number of carbonyl (C=O) groups excluding carboxylic acids is 1. The van der Waals surface area contributed by atoms with Gasteiger partial charge in [-0.3, -0.25) is 4.79 Å². The van der Waals surface area contributed by atoms with Crippen LogP contribution in [0.25, 0.3) is 0 Å². The van der Waals surface area contributed by atoms with Crippen molar-refractivity contribution in [3.63, 3.8) is 0 Å². The molecule has 0 saturated carbocycles. The second kappa shape index (κ2) is 6.93. The molecule has 1 amide bonds. The number of aromatic nitrogens is 1. The molecule has 0 aliphatic heterocycles. The van der Waals surface area contributed by atoms with Crippen molar-refractivity contribution in [1.82, 2.24) is 4.98 Å². The number of anilines is 2. The molecule has 0 spiro atoms. The van der Waals surface area contributed by atoms with Crippen molar-refractivity contribution in [2.45, 2.75) is 20.0 Å². The SMILES string of the molecule is CC(C)Oc1ccccc1NC(=O)c1cccnc1N(C)C. The summed E-state index contributed by atoms with van der Waals surface area (Å²) in [6.45, 7) is 3.90. The quantitative estimate of drug-likeness (QED) is 0.921. The number of nitrogens with zero attached hydrogens (tertiary/aromatic N) is 2. The molecule has 5 nitrogen and oxygen atoms in total. The maximum Gasteiger partial charge on any atom is 0.259 e. The molecule has 1 aromatic carbocycles. The molecule has 0 aliphatic rings. The number of pyridine rings is 1. The van der Waals surface area contributed by atoms with Gasteiger partial charge in [-0.1, -0.05) is 12.1 Å². The van der Waals surface area contributed by atoms with Gasteiger partial charge in [-0.25, -0.2) is 4.98 Å². The summed E-state index contributed by atoms with van der Waals surface area (Å²) in [7, 11) is 3.71. The molecule has 0 radical (unpaired) electrons. The lowest BCUT2D eigenvalue weighted by Gasteiger charge is -2.17. The highest BCUT2D eigenvalue weighted by atomic mass is 16.5. The van der Waals surface area contributed by atoms with E-state index in [1.165, 1.54) is 0 Å². The Kier molecular flexibility index (Phi) is 4.99. The van der Waals surface area contributed by atoms with Crippen LogP contribution in [0.3, 0.4) is 0 Å². The van der Waals surface area contributed by atoms with Crippen LogP contribution in [0.4, 0.5) is 11.5 Å². The molecule has 1 N–H and O–H groups in total. The summed E-state index contributed by atoms with van der Waals surface area (Å²) in [6, 6.07) is 10.9. The molecule has 116 valence electrons. The number of ether oxygens (including phenoxy) is 1. The number of benzene rings is 1. The molecule has 0 unspecified atom stereocenters. The molecule has 0 atom stereocenters. The average molecular weight is 299 g/mol. The van der Waals surface area contributed by atoms with E-state index in [-0.39, 0.29) is 12.0 Å². The zero-order valence-electron chi connectivity index (χ0n) is 13.3. The van der Waals surface area contributed by atoms with Gasteiger partial charge in [0.2, 0.25) is 0 Å². The molecule has 2 rings (SSSR count). The van der Waals surface area contributed by atoms with Crippen molar-refractivity contribution in [2.75, 3.05) is 24.3 Å². The van der Waals surface area contributed by atoms with Crippen molar-refractivity contribution in [1.29, 1.82) is 0 Å². The summed E-state index contributed by atoms with van der Waals surface area (Å²) in [6.07, 6.45) is 1.70. The van der Waals surface area contributed by atoms with Crippen LogP contribution in [0, 0.1) is 0 Å². The van der Waals surface area contributed by atoms with Crippen LogP contribution in [0.2, 0.25) is 0 Å². The third-order valence-electron chi connectivity index (χ3n) is 2.95. The van der Waals surface area contributed by atoms with Gasteiger partial charge in [-0.2, -0.15) is 0 Å². The van der Waals surface area contributed by atoms with Gasteiger partial charge < -0.3 is 15.0 Å². The van der Waals surface area contributed by atoms with Gasteiger partial charge in [0.25, 0.3) is 5.91 Å². The Morgan fingerprint density at radius 2 is 1.91 bits per heavy atom. The second-order valence-corrected chi connectivity index (χ2v) is 5.39. The first-order valence-electron chi connectivity index (χ1n) is 7.18. The minimum absolute atomic E-state index is 0.0359. The number of hydrogen-bond acceptors (Lipinski definition) is 4. The van der Waals surface area contributed by atoms with Crippen molar-refractivity contribution in [3.05, 3.63) is 48.2 Å². The maximum absolute atomic E-state index is 12.5. The topological polar surface area (TPSA) is 54.5 Å². The standard InChI is InChI=1S/C17H21N3O2/c1-12(2)22-15-10-6-5-9-14(15)19-17(21)13-8-7-11-18-16(13)20(3)4/h5-12H,1-4H3,(H,19,21). The van der Waals surface area contributed by atoms with Gasteiger partial charge in [-0.15, -0.1) is 0 Å². The molecular formula is C17H21N3O2. The first kappa shape index (κ1) is 15.8. The molecular weight excluding hydrogens is 278 g/mol. The highest BCUT2D eigenvalue weighted by molar-refractivity contribution is 6.08. The second-order valence-electron chi connectivity index (χ2n) is 5.39. The fourth-order valence-electron chi connectivity index (χ4n) is 2.05. The molecule has 1 aromatic heterocycles. The molecule has 0 saturated heterocycles. The monoisotopic (exact) mass is 299 g/mol. The van der Waals surface area contributed by atoms with Gasteiger partial charge in [0.1, 0.15) is 11.6 Å². The average Bonchev–Trinajstić information content (AvgIpc) is 2.48. The number of hydrogen-bond donors (Lipinski definition) is 1. The highest BCUT2D eigenvalue weighted by Gasteiger charge is 2.15. The minimum atomic E-state index is -0.211. The smallest absolute Gasteiger partial charge is 0.259 e. The van der Waals surface area contributed by atoms with Crippen molar-refractivity contribution in [2.24, 2.45) is 0 Å². The van der Waals surface area contributed by atoms with E-state index < -0.39 is 0 Å². The van der Waals surface area contributed by atoms with Crippen LogP contribution in [0.15, 0.2) is 42.6 Å². The Bertz CT molecular complexity index is 654. The van der Waals surface area contributed by atoms with Gasteiger partial charge in [0.05, 0.1) is 17.4 Å². The first-order chi connectivity index (χ1) is 10.5. The van der Waals surface area contributed by atoms with Crippen LogP contribution in [-0.2, 0) is 0 Å². The van der Waals surface area contributed by atoms with E-state index in [1.807, 2.05) is 57.1 Å². The Morgan fingerprint density at radius 3 is 2.59 bits per heavy atom. The van der Waals surface area contributed by atoms with E-state index in [4.69, 9.17) is 4.74 Å². The lowest BCUT2D eigenvalue weighted by molar-refractivity contribution is 0.102. The van der Waals surface area contributed by atoms with Gasteiger partial charge in [0, 0.05) is 20.3 Å². The molecule has 2 aromatic rings. The summed E-state index contributed by atoms with van der Waals surface area (Å²) in [5.74, 6) is 1.07. The predicted octanol–water partition coefficient (Wildman–Crippen LogP) is 3.19. The van der Waals surface area contributed by atoms with Crippen LogP contribution >= 0.6 is 0 Å². The zero-order valence-corrected chi connectivity index (χ0v) is 13.3. The highest BCUT2D eigenvalue weighted by Crippen LogP contribution is 2.26. The van der Waals surface area contributed by atoms with Gasteiger partial charge in [0.15, 0.2) is 0 Å². The summed E-state index contributed by atoms with van der Waals surface area (Å²) >= 11 is 0. The number of para-hydroxylation sites is 2. The van der Waals surface area contributed by atoms with E-state index in [0.717, 1.165) is 0 Å². The summed E-state index contributed by atoms with van der Waals surface area (Å²) in [5, 5.41) is 2.90. The van der Waals surface area contributed by atoms with Crippen LogP contribution < -0.4 is 15.0 Å². The lowest BCUT2D eigenvalue weighted by atomic mass is 10.2. The fraction of sp³-hybridized carbons (Fsp3) is 0.294. The lowest BCUT2D eigenvalue weighted by Crippen LogP contribution is -2.20. The summed E-state index contributed by atoms with van der Waals surface area (Å²) in [5.41, 5.74) is 1.17. The number of amides is 1. The van der Waals surface area contributed by atoms with E-state index in [1.54, 1.807) is 18.3 Å². The van der Waals surface area contributed by atoms with Crippen molar-refractivity contribution in [3.8, 4) is 5.75 Å². The van der Waals surface area contributed by atoms with Crippen LogP contribution in [0.5, 0.6) is 5.75 Å². The normalized spacial score (nSPS) is 10.4. The predicted molar refractivity (Wildman–Crippen MR) is 88.7 cm³/mol. The van der Waals surface area contributed by atoms with E-state index in [2.05, 4.69) is 10.3 Å². The fourth-order valence-corrected chi connectivity index (χ4v) is 2.05. The Labute approximate surface area is 130 Å². The summed E-state index contributed by atoms with van der Waals surface area (Å²) < 4.78 is 5.72. The third-order valence-corrected chi connectivity index (χ3v) is 2.95. The van der Waals surface area contributed by atoms with E-state index in [9.17, 15) is 4.79 Å². The van der Waals surface area contributed by atoms with Crippen molar-refractivity contribution < 1.29 is 9.53 Å². The van der Waals surface area contributed by atoms with Crippen LogP contribution in [0.1, 0.15) is 24.2 Å². The zero-order chi connectivity index (χ0) is 16.1. The summed E-state index contributed by atoms with van der Waals surface area (Å²) in [4.78, 5) is 18.6. The molecule has 22 heavy (non-hydrogen) atoms. The number of rotatable bonds is 5. The van der Waals surface area contributed by atoms with Gasteiger partial charge in [-0.05, 0) is 38.1 Å². The molecule has 0 aliphatic carbocycles. The maximum atomic E-state index is 12.5. The largest absolute Gasteiger partial charge is 0.489 e. The molecule has 0 fully saturated rings. The Balaban J connectivity index is 2.27. The molecule has 5 heteroatoms. The number of carbonyl (C=O) groups is 1. The number of nitrogens with one attached hydrogen (secondary N) is 1. The molecule has 1 heterocycles. The minimum Gasteiger partial charge on any atom is -0.489 e. The van der Waals surface area contributed by atoms with Crippen LogP contribution in [-0.4, -0.2) is 31.1 Å².